The molecule has 1 atom stereocenters. The Labute approximate surface area is 143 Å². The van der Waals surface area contributed by atoms with Gasteiger partial charge in [0.15, 0.2) is 0 Å². The van der Waals surface area contributed by atoms with Crippen molar-refractivity contribution in [3.05, 3.63) is 24.3 Å². The van der Waals surface area contributed by atoms with Crippen LogP contribution in [0.15, 0.2) is 24.3 Å². The fraction of sp³-hybridized carbons (Fsp3) is 0.579. The van der Waals surface area contributed by atoms with E-state index in [0.717, 1.165) is 24.9 Å². The molecule has 0 aromatic heterocycles. The predicted molar refractivity (Wildman–Crippen MR) is 93.4 cm³/mol. The van der Waals surface area contributed by atoms with Crippen LogP contribution in [-0.2, 0) is 9.53 Å². The molecule has 1 aliphatic rings. The maximum Gasteiger partial charge on any atom is 0.414 e. The van der Waals surface area contributed by atoms with Gasteiger partial charge in [0.25, 0.3) is 0 Å². The Morgan fingerprint density at radius 3 is 2.58 bits per heavy atom. The van der Waals surface area contributed by atoms with E-state index in [9.17, 15) is 9.59 Å². The topological polar surface area (TPSA) is 55.8 Å². The number of benzene rings is 1. The third-order valence-electron chi connectivity index (χ3n) is 4.09. The summed E-state index contributed by atoms with van der Waals surface area (Å²) in [6.07, 6.45) is 6.44. The number of nitrogens with zero attached hydrogens (tertiary/aromatic N) is 1. The molecule has 5 nitrogen and oxygen atoms in total. The second kappa shape index (κ2) is 9.30. The monoisotopic (exact) mass is 333 g/mol. The van der Waals surface area contributed by atoms with E-state index in [4.69, 9.17) is 9.47 Å². The molecule has 1 aliphatic heterocycles. The summed E-state index contributed by atoms with van der Waals surface area (Å²) >= 11 is 0. The molecule has 2 rings (SSSR count). The molecule has 0 bridgehead atoms. The number of amides is 1. The number of ether oxygens (including phenoxy) is 2. The van der Waals surface area contributed by atoms with Gasteiger partial charge < -0.3 is 9.47 Å². The van der Waals surface area contributed by atoms with Gasteiger partial charge in [-0.25, -0.2) is 4.79 Å². The second-order valence-corrected chi connectivity index (χ2v) is 6.18. The molecule has 5 heteroatoms. The zero-order chi connectivity index (χ0) is 17.4. The van der Waals surface area contributed by atoms with Gasteiger partial charge in [0, 0.05) is 12.1 Å². The quantitative estimate of drug-likeness (QED) is 0.374. The first-order valence-corrected chi connectivity index (χ1v) is 8.93. The van der Waals surface area contributed by atoms with Crippen molar-refractivity contribution in [2.24, 2.45) is 0 Å². The molecule has 1 heterocycles. The number of carbonyl (C=O) groups excluding carboxylic acids is 2. The van der Waals surface area contributed by atoms with E-state index in [2.05, 4.69) is 6.92 Å². The van der Waals surface area contributed by atoms with Crippen LogP contribution in [0.25, 0.3) is 0 Å². The fourth-order valence-corrected chi connectivity index (χ4v) is 2.76. The first-order valence-electron chi connectivity index (χ1n) is 8.93. The Morgan fingerprint density at radius 1 is 1.17 bits per heavy atom. The molecule has 1 fully saturated rings. The van der Waals surface area contributed by atoms with Crippen molar-refractivity contribution in [2.75, 3.05) is 11.4 Å². The van der Waals surface area contributed by atoms with E-state index in [1.165, 1.54) is 19.3 Å². The van der Waals surface area contributed by atoms with Crippen molar-refractivity contribution in [1.82, 2.24) is 0 Å². The Balaban J connectivity index is 1.87. The molecule has 0 spiro atoms. The van der Waals surface area contributed by atoms with E-state index >= 15 is 0 Å². The lowest BCUT2D eigenvalue weighted by Gasteiger charge is -2.13. The lowest BCUT2D eigenvalue weighted by Crippen LogP contribution is -2.24. The van der Waals surface area contributed by atoms with Gasteiger partial charge in [0.2, 0.25) is 0 Å². The normalized spacial score (nSPS) is 17.0. The highest BCUT2D eigenvalue weighted by Crippen LogP contribution is 2.26. The van der Waals surface area contributed by atoms with Crippen LogP contribution < -0.4 is 9.64 Å². The van der Waals surface area contributed by atoms with Crippen LogP contribution in [0.5, 0.6) is 5.75 Å². The van der Waals surface area contributed by atoms with Crippen molar-refractivity contribution in [1.29, 1.82) is 0 Å². The Kier molecular flexibility index (Phi) is 7.09. The van der Waals surface area contributed by atoms with Gasteiger partial charge in [-0.1, -0.05) is 33.1 Å². The zero-order valence-electron chi connectivity index (χ0n) is 14.6. The smallest absolute Gasteiger partial charge is 0.414 e. The average molecular weight is 333 g/mol. The van der Waals surface area contributed by atoms with E-state index in [1.54, 1.807) is 29.2 Å². The Bertz CT molecular complexity index is 541. The van der Waals surface area contributed by atoms with Crippen LogP contribution in [0.1, 0.15) is 58.8 Å². The minimum atomic E-state index is -0.300. The standard InChI is InChI=1S/C19H27NO4/c1-3-5-6-7-9-17-14-20(19(22)24-17)15-10-12-16(13-11-15)23-18(21)8-4-2/h10-13,17H,3-9,14H2,1-2H3. The van der Waals surface area contributed by atoms with E-state index < -0.39 is 0 Å². The van der Waals surface area contributed by atoms with Gasteiger partial charge in [0.1, 0.15) is 11.9 Å². The molecule has 1 unspecified atom stereocenters. The van der Waals surface area contributed by atoms with Gasteiger partial charge in [-0.15, -0.1) is 0 Å². The summed E-state index contributed by atoms with van der Waals surface area (Å²) in [7, 11) is 0. The molecule has 0 aliphatic carbocycles. The first-order chi connectivity index (χ1) is 11.6. The van der Waals surface area contributed by atoms with E-state index in [0.29, 0.717) is 18.7 Å². The summed E-state index contributed by atoms with van der Waals surface area (Å²) in [5.74, 6) is 0.263. The lowest BCUT2D eigenvalue weighted by atomic mass is 10.1. The van der Waals surface area contributed by atoms with Crippen LogP contribution in [0.4, 0.5) is 10.5 Å². The molecular formula is C19H27NO4. The summed E-state index contributed by atoms with van der Waals surface area (Å²) < 4.78 is 10.7. The highest BCUT2D eigenvalue weighted by Gasteiger charge is 2.31. The summed E-state index contributed by atoms with van der Waals surface area (Å²) in [5.41, 5.74) is 0.770. The SMILES string of the molecule is CCCCCCC1CN(c2ccc(OC(=O)CCC)cc2)C(=O)O1. The number of carbonyl (C=O) groups is 2. The summed E-state index contributed by atoms with van der Waals surface area (Å²) in [5, 5.41) is 0. The number of unbranched alkanes of at least 4 members (excludes halogenated alkanes) is 3. The van der Waals surface area contributed by atoms with Gasteiger partial charge in [0.05, 0.1) is 6.54 Å². The van der Waals surface area contributed by atoms with Gasteiger partial charge >= 0.3 is 12.1 Å². The number of rotatable bonds is 9. The maximum atomic E-state index is 12.0. The highest BCUT2D eigenvalue weighted by atomic mass is 16.6. The van der Waals surface area contributed by atoms with Crippen LogP contribution in [-0.4, -0.2) is 24.7 Å². The van der Waals surface area contributed by atoms with Crippen molar-refractivity contribution in [2.45, 2.75) is 64.9 Å². The zero-order valence-corrected chi connectivity index (χ0v) is 14.6. The molecule has 1 saturated heterocycles. The number of anilines is 1. The van der Waals surface area contributed by atoms with Crippen molar-refractivity contribution in [3.63, 3.8) is 0 Å². The molecule has 1 aromatic carbocycles. The van der Waals surface area contributed by atoms with E-state index in [-0.39, 0.29) is 18.2 Å². The molecule has 24 heavy (non-hydrogen) atoms. The third-order valence-corrected chi connectivity index (χ3v) is 4.09. The number of cyclic esters (lactones) is 1. The molecule has 0 N–H and O–H groups in total. The molecular weight excluding hydrogens is 306 g/mol. The molecule has 0 saturated carbocycles. The van der Waals surface area contributed by atoms with Crippen LogP contribution in [0, 0.1) is 0 Å². The van der Waals surface area contributed by atoms with Gasteiger partial charge in [-0.05, 0) is 43.5 Å². The molecule has 0 radical (unpaired) electrons. The minimum Gasteiger partial charge on any atom is -0.444 e. The average Bonchev–Trinajstić information content (AvgIpc) is 2.93. The molecule has 1 amide bonds. The minimum absolute atomic E-state index is 0.0311. The van der Waals surface area contributed by atoms with Crippen LogP contribution >= 0.6 is 0 Å². The third kappa shape index (κ3) is 5.25. The van der Waals surface area contributed by atoms with Crippen molar-refractivity contribution >= 4 is 17.7 Å². The summed E-state index contributed by atoms with van der Waals surface area (Å²) in [4.78, 5) is 25.2. The molecule has 1 aromatic rings. The van der Waals surface area contributed by atoms with Gasteiger partial charge in [-0.3, -0.25) is 9.69 Å². The fourth-order valence-electron chi connectivity index (χ4n) is 2.76. The highest BCUT2D eigenvalue weighted by molar-refractivity contribution is 5.89. The number of hydrogen-bond acceptors (Lipinski definition) is 4. The van der Waals surface area contributed by atoms with Crippen LogP contribution in [0.2, 0.25) is 0 Å². The van der Waals surface area contributed by atoms with Crippen molar-refractivity contribution in [3.8, 4) is 5.75 Å². The van der Waals surface area contributed by atoms with Gasteiger partial charge in [-0.2, -0.15) is 0 Å². The maximum absolute atomic E-state index is 12.0. The largest absolute Gasteiger partial charge is 0.444 e. The first kappa shape index (κ1) is 18.3. The summed E-state index contributed by atoms with van der Waals surface area (Å²) in [6.45, 7) is 4.70. The second-order valence-electron chi connectivity index (χ2n) is 6.18. The number of esters is 1. The lowest BCUT2D eigenvalue weighted by molar-refractivity contribution is -0.134. The predicted octanol–water partition coefficient (Wildman–Crippen LogP) is 4.69. The van der Waals surface area contributed by atoms with Crippen LogP contribution in [0.3, 0.4) is 0 Å². The summed E-state index contributed by atoms with van der Waals surface area (Å²) in [6, 6.07) is 7.00. The number of hydrogen-bond donors (Lipinski definition) is 0. The Morgan fingerprint density at radius 2 is 1.92 bits per heavy atom. The van der Waals surface area contributed by atoms with Crippen molar-refractivity contribution < 1.29 is 19.1 Å². The molecule has 132 valence electrons. The Hall–Kier alpha value is -2.04. The van der Waals surface area contributed by atoms with E-state index in [1.807, 2.05) is 6.92 Å².